The third-order valence-corrected chi connectivity index (χ3v) is 5.14. The van der Waals surface area contributed by atoms with Crippen LogP contribution in [0.4, 0.5) is 11.8 Å². The Morgan fingerprint density at radius 1 is 1.26 bits per heavy atom. The first-order chi connectivity index (χ1) is 11.4. The maximum atomic E-state index is 4.76. The zero-order valence-electron chi connectivity index (χ0n) is 14.4. The fraction of sp³-hybridized carbons (Fsp3) is 0.684. The first-order valence-corrected chi connectivity index (χ1v) is 9.38. The molecule has 0 amide bonds. The van der Waals surface area contributed by atoms with Gasteiger partial charge in [0, 0.05) is 25.3 Å². The average Bonchev–Trinajstić information content (AvgIpc) is 2.63. The summed E-state index contributed by atoms with van der Waals surface area (Å²) < 4.78 is 0. The summed E-state index contributed by atoms with van der Waals surface area (Å²) in [6.07, 6.45) is 15.8. The van der Waals surface area contributed by atoms with Crippen molar-refractivity contribution in [3.05, 3.63) is 23.9 Å². The van der Waals surface area contributed by atoms with Crippen LogP contribution in [0.25, 0.3) is 0 Å². The number of aromatic nitrogens is 2. The molecule has 126 valence electrons. The van der Waals surface area contributed by atoms with E-state index in [0.29, 0.717) is 6.04 Å². The van der Waals surface area contributed by atoms with Crippen LogP contribution < -0.4 is 10.2 Å². The molecule has 1 N–H and O–H groups in total. The Bertz CT molecular complexity index is 526. The van der Waals surface area contributed by atoms with Crippen molar-refractivity contribution in [2.45, 2.75) is 70.8 Å². The third kappa shape index (κ3) is 4.46. The summed E-state index contributed by atoms with van der Waals surface area (Å²) in [4.78, 5) is 11.7. The van der Waals surface area contributed by atoms with Gasteiger partial charge in [-0.15, -0.1) is 0 Å². The van der Waals surface area contributed by atoms with Gasteiger partial charge in [0.05, 0.1) is 0 Å². The van der Waals surface area contributed by atoms with E-state index >= 15 is 0 Å². The van der Waals surface area contributed by atoms with E-state index in [1.54, 1.807) is 5.57 Å². The zero-order valence-corrected chi connectivity index (χ0v) is 14.4. The molecule has 1 aromatic rings. The van der Waals surface area contributed by atoms with Gasteiger partial charge in [0.15, 0.2) is 0 Å². The van der Waals surface area contributed by atoms with Gasteiger partial charge in [0.1, 0.15) is 5.82 Å². The van der Waals surface area contributed by atoms with Crippen molar-refractivity contribution in [2.24, 2.45) is 0 Å². The van der Waals surface area contributed by atoms with Gasteiger partial charge >= 0.3 is 0 Å². The number of nitrogens with zero attached hydrogens (tertiary/aromatic N) is 3. The van der Waals surface area contributed by atoms with Crippen LogP contribution >= 0.6 is 0 Å². The average molecular weight is 314 g/mol. The Morgan fingerprint density at radius 2 is 2.22 bits per heavy atom. The molecule has 0 spiro atoms. The second-order valence-electron chi connectivity index (χ2n) is 6.78. The molecule has 1 aliphatic heterocycles. The van der Waals surface area contributed by atoms with E-state index in [-0.39, 0.29) is 0 Å². The van der Waals surface area contributed by atoms with Crippen LogP contribution in [0.3, 0.4) is 0 Å². The summed E-state index contributed by atoms with van der Waals surface area (Å²) in [7, 11) is 0. The number of anilines is 2. The van der Waals surface area contributed by atoms with Crippen LogP contribution in [0.5, 0.6) is 0 Å². The number of nitrogens with one attached hydrogen (secondary N) is 1. The van der Waals surface area contributed by atoms with Crippen molar-refractivity contribution in [1.82, 2.24) is 9.97 Å². The molecule has 4 nitrogen and oxygen atoms in total. The first kappa shape index (κ1) is 16.3. The van der Waals surface area contributed by atoms with E-state index < -0.39 is 0 Å². The van der Waals surface area contributed by atoms with Gasteiger partial charge in [-0.2, -0.15) is 4.98 Å². The molecule has 3 rings (SSSR count). The largest absolute Gasteiger partial charge is 0.370 e. The lowest BCUT2D eigenvalue weighted by atomic mass is 9.97. The van der Waals surface area contributed by atoms with Crippen molar-refractivity contribution in [3.63, 3.8) is 0 Å². The minimum atomic E-state index is 0.603. The Hall–Kier alpha value is -1.58. The minimum absolute atomic E-state index is 0.603. The summed E-state index contributed by atoms with van der Waals surface area (Å²) in [5, 5.41) is 3.49. The van der Waals surface area contributed by atoms with Gasteiger partial charge in [0.2, 0.25) is 5.95 Å². The van der Waals surface area contributed by atoms with E-state index in [0.717, 1.165) is 31.3 Å². The summed E-state index contributed by atoms with van der Waals surface area (Å²) in [6, 6.07) is 2.59. The van der Waals surface area contributed by atoms with E-state index in [1.165, 1.54) is 51.4 Å². The van der Waals surface area contributed by atoms with Crippen LogP contribution in [0.1, 0.15) is 64.7 Å². The van der Waals surface area contributed by atoms with Crippen molar-refractivity contribution in [2.75, 3.05) is 23.3 Å². The third-order valence-electron chi connectivity index (χ3n) is 5.14. The highest BCUT2D eigenvalue weighted by molar-refractivity contribution is 5.42. The molecule has 0 bridgehead atoms. The second-order valence-corrected chi connectivity index (χ2v) is 6.78. The van der Waals surface area contributed by atoms with Gasteiger partial charge in [-0.05, 0) is 63.9 Å². The topological polar surface area (TPSA) is 41.1 Å². The number of rotatable bonds is 6. The minimum Gasteiger partial charge on any atom is -0.370 e. The Kier molecular flexibility index (Phi) is 5.89. The molecule has 1 aromatic heterocycles. The van der Waals surface area contributed by atoms with Gasteiger partial charge in [0.25, 0.3) is 0 Å². The second kappa shape index (κ2) is 8.32. The lowest BCUT2D eigenvalue weighted by molar-refractivity contribution is 0.443. The molecule has 1 aliphatic carbocycles. The summed E-state index contributed by atoms with van der Waals surface area (Å²) in [5.41, 5.74) is 1.61. The van der Waals surface area contributed by atoms with E-state index in [1.807, 2.05) is 12.3 Å². The first-order valence-electron chi connectivity index (χ1n) is 9.38. The SMILES string of the molecule is CCC1CCCCN1c1nccc(NCCC2=CCCCC2)n1. The number of allylic oxidation sites excluding steroid dienone is 1. The summed E-state index contributed by atoms with van der Waals surface area (Å²) >= 11 is 0. The zero-order chi connectivity index (χ0) is 15.9. The highest BCUT2D eigenvalue weighted by Crippen LogP contribution is 2.24. The van der Waals surface area contributed by atoms with Crippen LogP contribution in [-0.4, -0.2) is 29.1 Å². The molecule has 4 heteroatoms. The van der Waals surface area contributed by atoms with Crippen molar-refractivity contribution in [1.29, 1.82) is 0 Å². The molecule has 23 heavy (non-hydrogen) atoms. The molecular weight excluding hydrogens is 284 g/mol. The van der Waals surface area contributed by atoms with Crippen LogP contribution in [0.2, 0.25) is 0 Å². The normalized spacial score (nSPS) is 21.9. The van der Waals surface area contributed by atoms with Gasteiger partial charge in [-0.3, -0.25) is 0 Å². The number of piperidine rings is 1. The van der Waals surface area contributed by atoms with Gasteiger partial charge in [-0.1, -0.05) is 18.6 Å². The van der Waals surface area contributed by atoms with Crippen molar-refractivity contribution < 1.29 is 0 Å². The molecule has 1 atom stereocenters. The summed E-state index contributed by atoms with van der Waals surface area (Å²) in [5.74, 6) is 1.87. The molecule has 0 radical (unpaired) electrons. The molecule has 1 fully saturated rings. The maximum Gasteiger partial charge on any atom is 0.227 e. The number of hydrogen-bond donors (Lipinski definition) is 1. The molecule has 1 unspecified atom stereocenters. The fourth-order valence-electron chi connectivity index (χ4n) is 3.76. The highest BCUT2D eigenvalue weighted by Gasteiger charge is 2.23. The van der Waals surface area contributed by atoms with Crippen LogP contribution in [-0.2, 0) is 0 Å². The smallest absolute Gasteiger partial charge is 0.227 e. The molecule has 2 aliphatic rings. The standard InChI is InChI=1S/C19H30N4/c1-2-17-10-6-7-15-23(17)19-21-14-12-18(22-19)20-13-11-16-8-4-3-5-9-16/h8,12,14,17H,2-7,9-11,13,15H2,1H3,(H,20,21,22). The Balaban J connectivity index is 1.57. The summed E-state index contributed by atoms with van der Waals surface area (Å²) in [6.45, 7) is 4.33. The fourth-order valence-corrected chi connectivity index (χ4v) is 3.76. The Labute approximate surface area is 140 Å². The molecule has 2 heterocycles. The van der Waals surface area contributed by atoms with Gasteiger partial charge < -0.3 is 10.2 Å². The Morgan fingerprint density at radius 3 is 3.04 bits per heavy atom. The lowest BCUT2D eigenvalue weighted by Crippen LogP contribution is -2.40. The lowest BCUT2D eigenvalue weighted by Gasteiger charge is -2.35. The predicted molar refractivity (Wildman–Crippen MR) is 97.0 cm³/mol. The van der Waals surface area contributed by atoms with E-state index in [4.69, 9.17) is 4.98 Å². The van der Waals surface area contributed by atoms with Gasteiger partial charge in [-0.25, -0.2) is 4.98 Å². The highest BCUT2D eigenvalue weighted by atomic mass is 15.3. The maximum absolute atomic E-state index is 4.76. The van der Waals surface area contributed by atoms with E-state index in [9.17, 15) is 0 Å². The van der Waals surface area contributed by atoms with E-state index in [2.05, 4.69) is 28.2 Å². The van der Waals surface area contributed by atoms with Crippen LogP contribution in [0.15, 0.2) is 23.9 Å². The quantitative estimate of drug-likeness (QED) is 0.782. The monoisotopic (exact) mass is 314 g/mol. The van der Waals surface area contributed by atoms with Crippen LogP contribution in [0, 0.1) is 0 Å². The van der Waals surface area contributed by atoms with Crippen molar-refractivity contribution >= 4 is 11.8 Å². The molecular formula is C19H30N4. The molecule has 0 saturated carbocycles. The molecule has 0 aromatic carbocycles. The van der Waals surface area contributed by atoms with Crippen molar-refractivity contribution in [3.8, 4) is 0 Å². The predicted octanol–water partition coefficient (Wildman–Crippen LogP) is 4.55. The number of hydrogen-bond acceptors (Lipinski definition) is 4. The molecule has 1 saturated heterocycles.